The Kier molecular flexibility index (Phi) is 4.50. The highest BCUT2D eigenvalue weighted by Gasteiger charge is 2.28. The Labute approximate surface area is 161 Å². The van der Waals surface area contributed by atoms with E-state index in [-0.39, 0.29) is 11.9 Å². The lowest BCUT2D eigenvalue weighted by atomic mass is 9.96. The molecule has 1 saturated carbocycles. The normalized spacial score (nSPS) is 14.9. The molecule has 2 heterocycles. The van der Waals surface area contributed by atoms with Gasteiger partial charge in [0, 0.05) is 31.9 Å². The van der Waals surface area contributed by atoms with E-state index in [9.17, 15) is 14.3 Å². The third kappa shape index (κ3) is 3.43. The molecule has 1 aliphatic rings. The van der Waals surface area contributed by atoms with Crippen molar-refractivity contribution < 1.29 is 19.0 Å². The van der Waals surface area contributed by atoms with Crippen LogP contribution in [0.3, 0.4) is 0 Å². The van der Waals surface area contributed by atoms with Gasteiger partial charge >= 0.3 is 0 Å². The number of aliphatic hydroxyl groups is 1. The summed E-state index contributed by atoms with van der Waals surface area (Å²) in [5, 5.41) is 18.7. The van der Waals surface area contributed by atoms with Gasteiger partial charge < -0.3 is 9.84 Å². The van der Waals surface area contributed by atoms with Gasteiger partial charge in [-0.2, -0.15) is 5.10 Å². The molecule has 0 bridgehead atoms. The molecule has 0 unspecified atom stereocenters. The van der Waals surface area contributed by atoms with Gasteiger partial charge in [-0.05, 0) is 43.5 Å². The standard InChI is InChI=1S/C20H21FN4O3/c1-11(26)15-8-12(21)4-7-14(15)19-16(10-24(2)23-19)20(27)17-9-18(22-25(17)3)28-13-5-6-13/h4,7-11,13,26H,5-6H2,1-3H3/t11-/m1/s1. The van der Waals surface area contributed by atoms with Crippen LogP contribution in [0.4, 0.5) is 4.39 Å². The number of halogens is 1. The van der Waals surface area contributed by atoms with Crippen LogP contribution in [0.1, 0.15) is 47.5 Å². The second-order valence-corrected chi connectivity index (χ2v) is 7.11. The first-order chi connectivity index (χ1) is 13.3. The van der Waals surface area contributed by atoms with Crippen molar-refractivity contribution in [3.05, 3.63) is 53.1 Å². The molecule has 1 aromatic carbocycles. The van der Waals surface area contributed by atoms with Crippen LogP contribution in [0.2, 0.25) is 0 Å². The summed E-state index contributed by atoms with van der Waals surface area (Å²) in [7, 11) is 3.39. The summed E-state index contributed by atoms with van der Waals surface area (Å²) in [4.78, 5) is 13.2. The van der Waals surface area contributed by atoms with Gasteiger partial charge in [-0.15, -0.1) is 5.10 Å². The molecule has 2 aromatic heterocycles. The largest absolute Gasteiger partial charge is 0.473 e. The molecule has 0 aliphatic heterocycles. The van der Waals surface area contributed by atoms with Crippen molar-refractivity contribution in [2.45, 2.75) is 32.0 Å². The van der Waals surface area contributed by atoms with Crippen molar-refractivity contribution in [1.82, 2.24) is 19.6 Å². The zero-order valence-electron chi connectivity index (χ0n) is 15.9. The summed E-state index contributed by atoms with van der Waals surface area (Å²) in [6, 6.07) is 5.70. The van der Waals surface area contributed by atoms with E-state index in [0.29, 0.717) is 34.0 Å². The summed E-state index contributed by atoms with van der Waals surface area (Å²) in [5.74, 6) is -0.313. The molecule has 28 heavy (non-hydrogen) atoms. The van der Waals surface area contributed by atoms with Crippen LogP contribution in [0.15, 0.2) is 30.5 Å². The Hall–Kier alpha value is -3.00. The molecule has 0 radical (unpaired) electrons. The molecular formula is C20H21FN4O3. The van der Waals surface area contributed by atoms with Crippen molar-refractivity contribution in [3.8, 4) is 17.1 Å². The molecule has 7 nitrogen and oxygen atoms in total. The molecule has 0 spiro atoms. The lowest BCUT2D eigenvalue weighted by molar-refractivity contribution is 0.103. The van der Waals surface area contributed by atoms with Crippen LogP contribution in [0.25, 0.3) is 11.3 Å². The number of aromatic nitrogens is 4. The number of ketones is 1. The first-order valence-corrected chi connectivity index (χ1v) is 9.10. The van der Waals surface area contributed by atoms with Crippen molar-refractivity contribution in [2.75, 3.05) is 0 Å². The number of rotatable bonds is 6. The predicted octanol–water partition coefficient (Wildman–Crippen LogP) is 2.79. The number of hydrogen-bond donors (Lipinski definition) is 1. The van der Waals surface area contributed by atoms with E-state index in [1.54, 1.807) is 33.3 Å². The molecule has 1 atom stereocenters. The van der Waals surface area contributed by atoms with Crippen LogP contribution in [-0.4, -0.2) is 36.6 Å². The van der Waals surface area contributed by atoms with Crippen molar-refractivity contribution >= 4 is 5.78 Å². The lowest BCUT2D eigenvalue weighted by Gasteiger charge is -2.11. The Morgan fingerprint density at radius 1 is 1.29 bits per heavy atom. The fourth-order valence-electron chi connectivity index (χ4n) is 3.15. The van der Waals surface area contributed by atoms with Crippen LogP contribution in [0.5, 0.6) is 5.88 Å². The molecule has 1 aliphatic carbocycles. The summed E-state index contributed by atoms with van der Waals surface area (Å²) in [6.07, 6.45) is 2.88. The van der Waals surface area contributed by atoms with E-state index >= 15 is 0 Å². The number of benzene rings is 1. The van der Waals surface area contributed by atoms with E-state index in [1.165, 1.54) is 27.6 Å². The molecule has 4 rings (SSSR count). The first kappa shape index (κ1) is 18.4. The minimum absolute atomic E-state index is 0.180. The molecule has 146 valence electrons. The highest BCUT2D eigenvalue weighted by molar-refractivity contribution is 6.11. The lowest BCUT2D eigenvalue weighted by Crippen LogP contribution is -2.09. The van der Waals surface area contributed by atoms with Gasteiger partial charge in [-0.3, -0.25) is 14.2 Å². The van der Waals surface area contributed by atoms with Crippen LogP contribution >= 0.6 is 0 Å². The fourth-order valence-corrected chi connectivity index (χ4v) is 3.15. The van der Waals surface area contributed by atoms with E-state index < -0.39 is 11.9 Å². The van der Waals surface area contributed by atoms with Gasteiger partial charge in [-0.25, -0.2) is 4.39 Å². The highest BCUT2D eigenvalue weighted by Crippen LogP contribution is 2.32. The molecular weight excluding hydrogens is 363 g/mol. The van der Waals surface area contributed by atoms with Gasteiger partial charge in [0.2, 0.25) is 11.7 Å². The van der Waals surface area contributed by atoms with E-state index in [1.807, 2.05) is 0 Å². The van der Waals surface area contributed by atoms with E-state index in [4.69, 9.17) is 4.74 Å². The van der Waals surface area contributed by atoms with Gasteiger partial charge in [0.1, 0.15) is 23.3 Å². The minimum atomic E-state index is -0.911. The Balaban J connectivity index is 1.76. The summed E-state index contributed by atoms with van der Waals surface area (Å²) >= 11 is 0. The summed E-state index contributed by atoms with van der Waals surface area (Å²) in [5.41, 5.74) is 1.98. The number of hydrogen-bond acceptors (Lipinski definition) is 5. The second kappa shape index (κ2) is 6.87. The molecule has 8 heteroatoms. The maximum Gasteiger partial charge on any atom is 0.233 e. The highest BCUT2D eigenvalue weighted by atomic mass is 19.1. The minimum Gasteiger partial charge on any atom is -0.473 e. The predicted molar refractivity (Wildman–Crippen MR) is 99.5 cm³/mol. The number of carbonyl (C=O) groups is 1. The zero-order chi connectivity index (χ0) is 20.0. The Morgan fingerprint density at radius 3 is 2.71 bits per heavy atom. The average molecular weight is 384 g/mol. The fraction of sp³-hybridized carbons (Fsp3) is 0.350. The van der Waals surface area contributed by atoms with E-state index in [2.05, 4.69) is 10.2 Å². The van der Waals surface area contributed by atoms with Crippen molar-refractivity contribution in [1.29, 1.82) is 0 Å². The SMILES string of the molecule is C[C@@H](O)c1cc(F)ccc1-c1nn(C)cc1C(=O)c1cc(OC2CC2)nn1C. The number of aliphatic hydroxyl groups excluding tert-OH is 1. The third-order valence-corrected chi connectivity index (χ3v) is 4.69. The van der Waals surface area contributed by atoms with Gasteiger partial charge in [0.25, 0.3) is 0 Å². The molecule has 3 aromatic rings. The Bertz CT molecular complexity index is 1050. The maximum atomic E-state index is 13.7. The second-order valence-electron chi connectivity index (χ2n) is 7.11. The maximum absolute atomic E-state index is 13.7. The summed E-state index contributed by atoms with van der Waals surface area (Å²) in [6.45, 7) is 1.55. The number of nitrogens with zero attached hydrogens (tertiary/aromatic N) is 4. The van der Waals surface area contributed by atoms with Crippen molar-refractivity contribution in [3.63, 3.8) is 0 Å². The molecule has 0 amide bonds. The smallest absolute Gasteiger partial charge is 0.233 e. The van der Waals surface area contributed by atoms with Gasteiger partial charge in [0.05, 0.1) is 11.7 Å². The Morgan fingerprint density at radius 2 is 2.04 bits per heavy atom. The zero-order valence-corrected chi connectivity index (χ0v) is 15.9. The quantitative estimate of drug-likeness (QED) is 0.661. The molecule has 0 saturated heterocycles. The van der Waals surface area contributed by atoms with E-state index in [0.717, 1.165) is 12.8 Å². The average Bonchev–Trinajstić information content (AvgIpc) is 3.25. The third-order valence-electron chi connectivity index (χ3n) is 4.69. The molecule has 1 fully saturated rings. The van der Waals surface area contributed by atoms with Crippen molar-refractivity contribution in [2.24, 2.45) is 14.1 Å². The van der Waals surface area contributed by atoms with Crippen LogP contribution in [-0.2, 0) is 14.1 Å². The number of ether oxygens (including phenoxy) is 1. The van der Waals surface area contributed by atoms with Crippen LogP contribution < -0.4 is 4.74 Å². The first-order valence-electron chi connectivity index (χ1n) is 9.10. The topological polar surface area (TPSA) is 82.2 Å². The van der Waals surface area contributed by atoms with Crippen LogP contribution in [0, 0.1) is 5.82 Å². The molecule has 1 N–H and O–H groups in total. The van der Waals surface area contributed by atoms with Gasteiger partial charge in [0.15, 0.2) is 0 Å². The number of aryl methyl sites for hydroxylation is 2. The summed E-state index contributed by atoms with van der Waals surface area (Å²) < 4.78 is 22.4. The monoisotopic (exact) mass is 384 g/mol. The van der Waals surface area contributed by atoms with Gasteiger partial charge in [-0.1, -0.05) is 0 Å². The number of carbonyl (C=O) groups excluding carboxylic acids is 1.